The number of hydrogen-bond donors (Lipinski definition) is 1. The summed E-state index contributed by atoms with van der Waals surface area (Å²) in [5.41, 5.74) is -0.0494. The van der Waals surface area contributed by atoms with Crippen LogP contribution < -0.4 is 15.1 Å². The molecule has 1 unspecified atom stereocenters. The highest BCUT2D eigenvalue weighted by Gasteiger charge is 2.51. The van der Waals surface area contributed by atoms with Crippen molar-refractivity contribution in [2.24, 2.45) is 5.92 Å². The fraction of sp³-hybridized carbons (Fsp3) is 0.556. The van der Waals surface area contributed by atoms with Crippen molar-refractivity contribution >= 4 is 30.6 Å². The number of benzene rings is 2. The summed E-state index contributed by atoms with van der Waals surface area (Å²) in [4.78, 5) is 0. The summed E-state index contributed by atoms with van der Waals surface area (Å²) in [6.45, 7) is 17.0. The summed E-state index contributed by atoms with van der Waals surface area (Å²) < 4.78 is 11.3. The van der Waals surface area contributed by atoms with Gasteiger partial charge in [0.05, 0.1) is 6.61 Å². The lowest BCUT2D eigenvalue weighted by molar-refractivity contribution is 0.192. The molecule has 0 radical (unpaired) electrons. The molecular formula is C27H41NOSSi. The second-order valence-corrected chi connectivity index (χ2v) is 17.4. The molecule has 0 spiro atoms. The average Bonchev–Trinajstić information content (AvgIpc) is 3.51. The van der Waals surface area contributed by atoms with E-state index >= 15 is 0 Å². The molecule has 31 heavy (non-hydrogen) atoms. The van der Waals surface area contributed by atoms with Gasteiger partial charge in [0.1, 0.15) is 0 Å². The van der Waals surface area contributed by atoms with E-state index in [1.807, 2.05) is 11.9 Å². The van der Waals surface area contributed by atoms with Crippen molar-refractivity contribution in [2.45, 2.75) is 83.1 Å². The lowest BCUT2D eigenvalue weighted by Gasteiger charge is -2.45. The van der Waals surface area contributed by atoms with Crippen LogP contribution >= 0.6 is 11.9 Å². The van der Waals surface area contributed by atoms with Gasteiger partial charge in [0.25, 0.3) is 8.32 Å². The highest BCUT2D eigenvalue weighted by molar-refractivity contribution is 7.98. The molecule has 0 aromatic heterocycles. The average molecular weight is 456 g/mol. The van der Waals surface area contributed by atoms with E-state index in [-0.39, 0.29) is 15.3 Å². The highest BCUT2D eigenvalue weighted by atomic mass is 32.2. The van der Waals surface area contributed by atoms with Gasteiger partial charge in [-0.3, -0.25) is 4.72 Å². The standard InChI is InChI=1S/C27H41NOSSi/c1-25(2,3)30-28-27(7,20-22-18-19-22)21-29-31(26(4,5)6,23-14-10-8-11-15-23)24-16-12-9-13-17-24/h8-17,22,28H,18-21H2,1-7H3. The molecule has 170 valence electrons. The minimum absolute atomic E-state index is 0.00731. The van der Waals surface area contributed by atoms with Gasteiger partial charge in [-0.2, -0.15) is 0 Å². The summed E-state index contributed by atoms with van der Waals surface area (Å²) in [5.74, 6) is 0.834. The van der Waals surface area contributed by atoms with Gasteiger partial charge in [0.2, 0.25) is 0 Å². The van der Waals surface area contributed by atoms with Gasteiger partial charge in [0, 0.05) is 10.3 Å². The Bertz CT molecular complexity index is 784. The molecule has 1 aliphatic rings. The van der Waals surface area contributed by atoms with Crippen molar-refractivity contribution in [1.82, 2.24) is 4.72 Å². The van der Waals surface area contributed by atoms with Crippen molar-refractivity contribution in [2.75, 3.05) is 6.61 Å². The van der Waals surface area contributed by atoms with E-state index in [0.717, 1.165) is 12.5 Å². The molecule has 1 saturated carbocycles. The lowest BCUT2D eigenvalue weighted by Crippen LogP contribution is -2.68. The molecule has 2 aromatic rings. The van der Waals surface area contributed by atoms with Crippen LogP contribution in [0.25, 0.3) is 0 Å². The predicted molar refractivity (Wildman–Crippen MR) is 140 cm³/mol. The summed E-state index contributed by atoms with van der Waals surface area (Å²) >= 11 is 1.85. The Morgan fingerprint density at radius 1 is 0.839 bits per heavy atom. The Kier molecular flexibility index (Phi) is 7.47. The van der Waals surface area contributed by atoms with E-state index in [4.69, 9.17) is 4.43 Å². The Labute approximate surface area is 195 Å². The molecule has 0 aliphatic heterocycles. The largest absolute Gasteiger partial charge is 0.406 e. The van der Waals surface area contributed by atoms with Gasteiger partial charge in [-0.05, 0) is 55.4 Å². The van der Waals surface area contributed by atoms with Crippen molar-refractivity contribution in [3.05, 3.63) is 60.7 Å². The van der Waals surface area contributed by atoms with Gasteiger partial charge in [0.15, 0.2) is 0 Å². The summed E-state index contributed by atoms with van der Waals surface area (Å²) in [5, 5.41) is 2.71. The Morgan fingerprint density at radius 2 is 1.32 bits per heavy atom. The van der Waals surface area contributed by atoms with Crippen LogP contribution in [0.4, 0.5) is 0 Å². The number of nitrogens with one attached hydrogen (secondary N) is 1. The number of rotatable bonds is 9. The molecule has 0 amide bonds. The van der Waals surface area contributed by atoms with Gasteiger partial charge < -0.3 is 4.43 Å². The molecular weight excluding hydrogens is 414 g/mol. The van der Waals surface area contributed by atoms with Crippen LogP contribution in [0.2, 0.25) is 5.04 Å². The molecule has 2 nitrogen and oxygen atoms in total. The lowest BCUT2D eigenvalue weighted by atomic mass is 9.97. The first-order valence-electron chi connectivity index (χ1n) is 11.7. The fourth-order valence-electron chi connectivity index (χ4n) is 4.39. The second kappa shape index (κ2) is 9.42. The maximum Gasteiger partial charge on any atom is 0.261 e. The molecule has 0 heterocycles. The zero-order valence-electron chi connectivity index (χ0n) is 20.5. The van der Waals surface area contributed by atoms with Crippen LogP contribution in [0.15, 0.2) is 60.7 Å². The number of hydrogen-bond acceptors (Lipinski definition) is 3. The Balaban J connectivity index is 1.99. The smallest absolute Gasteiger partial charge is 0.261 e. The highest BCUT2D eigenvalue weighted by Crippen LogP contribution is 2.41. The molecule has 1 N–H and O–H groups in total. The maximum absolute atomic E-state index is 7.29. The third-order valence-electron chi connectivity index (χ3n) is 6.06. The Morgan fingerprint density at radius 3 is 1.71 bits per heavy atom. The minimum Gasteiger partial charge on any atom is -0.406 e. The van der Waals surface area contributed by atoms with Gasteiger partial charge >= 0.3 is 0 Å². The van der Waals surface area contributed by atoms with Crippen LogP contribution in [-0.4, -0.2) is 25.2 Å². The van der Waals surface area contributed by atoms with Crippen LogP contribution in [-0.2, 0) is 4.43 Å². The fourth-order valence-corrected chi connectivity index (χ4v) is 9.78. The molecule has 4 heteroatoms. The topological polar surface area (TPSA) is 21.3 Å². The zero-order valence-corrected chi connectivity index (χ0v) is 22.3. The summed E-state index contributed by atoms with van der Waals surface area (Å²) in [6, 6.07) is 22.0. The Hall–Kier alpha value is -1.07. The van der Waals surface area contributed by atoms with E-state index < -0.39 is 8.32 Å². The van der Waals surface area contributed by atoms with Crippen LogP contribution in [0, 0.1) is 5.92 Å². The van der Waals surface area contributed by atoms with Gasteiger partial charge in [-0.1, -0.05) is 106 Å². The summed E-state index contributed by atoms with van der Waals surface area (Å²) in [7, 11) is -2.51. The van der Waals surface area contributed by atoms with E-state index in [1.54, 1.807) is 0 Å². The molecule has 1 fully saturated rings. The van der Waals surface area contributed by atoms with E-state index in [9.17, 15) is 0 Å². The minimum atomic E-state index is -2.51. The van der Waals surface area contributed by atoms with Gasteiger partial charge in [-0.25, -0.2) is 0 Å². The monoisotopic (exact) mass is 455 g/mol. The van der Waals surface area contributed by atoms with Crippen molar-refractivity contribution in [3.63, 3.8) is 0 Å². The first-order valence-corrected chi connectivity index (χ1v) is 14.4. The SMILES string of the molecule is CC(CO[Si](c1ccccc1)(c1ccccc1)C(C)(C)C)(CC1CC1)NSC(C)(C)C. The maximum atomic E-state index is 7.29. The van der Waals surface area contributed by atoms with E-state index in [1.165, 1.54) is 29.6 Å². The van der Waals surface area contributed by atoms with Crippen molar-refractivity contribution in [3.8, 4) is 0 Å². The first-order chi connectivity index (χ1) is 14.5. The predicted octanol–water partition coefficient (Wildman–Crippen LogP) is 6.16. The molecule has 1 aliphatic carbocycles. The van der Waals surface area contributed by atoms with E-state index in [0.29, 0.717) is 0 Å². The molecule has 3 rings (SSSR count). The summed E-state index contributed by atoms with van der Waals surface area (Å²) in [6.07, 6.45) is 3.89. The second-order valence-electron chi connectivity index (χ2n) is 11.5. The van der Waals surface area contributed by atoms with Gasteiger partial charge in [-0.15, -0.1) is 0 Å². The first kappa shape index (κ1) is 24.6. The molecule has 1 atom stereocenters. The third-order valence-corrected chi connectivity index (χ3v) is 12.3. The molecule has 0 saturated heterocycles. The molecule has 0 bridgehead atoms. The zero-order chi connectivity index (χ0) is 22.8. The molecule has 2 aromatic carbocycles. The van der Waals surface area contributed by atoms with Crippen LogP contribution in [0.5, 0.6) is 0 Å². The van der Waals surface area contributed by atoms with Crippen LogP contribution in [0.1, 0.15) is 67.7 Å². The van der Waals surface area contributed by atoms with Crippen molar-refractivity contribution in [1.29, 1.82) is 0 Å². The normalized spacial score (nSPS) is 17.4. The third kappa shape index (κ3) is 6.25. The quantitative estimate of drug-likeness (QED) is 0.361. The van der Waals surface area contributed by atoms with Crippen molar-refractivity contribution < 1.29 is 4.43 Å². The van der Waals surface area contributed by atoms with E-state index in [2.05, 4.69) is 114 Å². The van der Waals surface area contributed by atoms with Crippen LogP contribution in [0.3, 0.4) is 0 Å².